The highest BCUT2D eigenvalue weighted by Crippen LogP contribution is 2.17. The zero-order valence-electron chi connectivity index (χ0n) is 16.1. The van der Waals surface area contributed by atoms with Crippen LogP contribution in [0.3, 0.4) is 0 Å². The lowest BCUT2D eigenvalue weighted by Gasteiger charge is -2.11. The smallest absolute Gasteiger partial charge is 0.251 e. The summed E-state index contributed by atoms with van der Waals surface area (Å²) >= 11 is 0. The minimum atomic E-state index is -0.163. The van der Waals surface area contributed by atoms with E-state index in [9.17, 15) is 9.59 Å². The van der Waals surface area contributed by atoms with E-state index in [0.717, 1.165) is 17.9 Å². The van der Waals surface area contributed by atoms with Gasteiger partial charge in [0.25, 0.3) is 11.8 Å². The van der Waals surface area contributed by atoms with Gasteiger partial charge >= 0.3 is 0 Å². The third-order valence-corrected chi connectivity index (χ3v) is 4.13. The molecule has 0 heterocycles. The van der Waals surface area contributed by atoms with Crippen molar-refractivity contribution in [2.75, 3.05) is 40.8 Å². The first-order valence-electron chi connectivity index (χ1n) is 8.94. The topological polar surface area (TPSA) is 70.7 Å². The van der Waals surface area contributed by atoms with Crippen molar-refractivity contribution in [3.05, 3.63) is 65.2 Å². The Kier molecular flexibility index (Phi) is 7.82. The summed E-state index contributed by atoms with van der Waals surface area (Å²) in [6.45, 7) is 1.86. The number of methoxy groups -OCH3 is 1. The van der Waals surface area contributed by atoms with Gasteiger partial charge in [0.05, 0.1) is 7.11 Å². The molecule has 2 aromatic rings. The van der Waals surface area contributed by atoms with Crippen LogP contribution in [0.5, 0.6) is 5.75 Å². The molecule has 2 N–H and O–H groups in total. The Labute approximate surface area is 160 Å². The van der Waals surface area contributed by atoms with Gasteiger partial charge in [-0.15, -0.1) is 0 Å². The van der Waals surface area contributed by atoms with Crippen molar-refractivity contribution in [3.8, 4) is 5.75 Å². The first-order valence-corrected chi connectivity index (χ1v) is 8.94. The first kappa shape index (κ1) is 20.5. The minimum absolute atomic E-state index is 0.139. The van der Waals surface area contributed by atoms with Crippen molar-refractivity contribution in [1.29, 1.82) is 0 Å². The molecule has 27 heavy (non-hydrogen) atoms. The molecule has 6 nitrogen and oxygen atoms in total. The van der Waals surface area contributed by atoms with Crippen LogP contribution in [0, 0.1) is 0 Å². The second-order valence-electron chi connectivity index (χ2n) is 6.45. The molecule has 0 fully saturated rings. The van der Waals surface area contributed by atoms with Gasteiger partial charge < -0.3 is 20.3 Å². The number of para-hydroxylation sites is 1. The molecule has 0 unspecified atom stereocenters. The Morgan fingerprint density at radius 1 is 0.889 bits per heavy atom. The molecule has 0 spiro atoms. The van der Waals surface area contributed by atoms with Crippen LogP contribution in [0.4, 0.5) is 0 Å². The third kappa shape index (κ3) is 6.42. The van der Waals surface area contributed by atoms with Crippen LogP contribution in [0.15, 0.2) is 48.5 Å². The molecule has 0 atom stereocenters. The number of benzene rings is 2. The molecular weight excluding hydrogens is 342 g/mol. The maximum atomic E-state index is 12.3. The maximum absolute atomic E-state index is 12.3. The standard InChI is InChI=1S/C21H27N3O3/c1-24(2)15-14-23-21(26)18-10-8-17(9-11-18)20(25)22-13-12-16-6-4-5-7-19(16)27-3/h4-11H,12-15H2,1-3H3,(H,22,25)(H,23,26). The Morgan fingerprint density at radius 3 is 2.00 bits per heavy atom. The van der Waals surface area contributed by atoms with Crippen LogP contribution in [-0.4, -0.2) is 57.6 Å². The fourth-order valence-corrected chi connectivity index (χ4v) is 2.59. The zero-order chi connectivity index (χ0) is 19.6. The van der Waals surface area contributed by atoms with E-state index in [1.165, 1.54) is 0 Å². The lowest BCUT2D eigenvalue weighted by molar-refractivity contribution is 0.0940. The van der Waals surface area contributed by atoms with Crippen molar-refractivity contribution in [2.45, 2.75) is 6.42 Å². The van der Waals surface area contributed by atoms with Gasteiger partial charge in [0.1, 0.15) is 5.75 Å². The number of nitrogens with zero attached hydrogens (tertiary/aromatic N) is 1. The Bertz CT molecular complexity index is 758. The van der Waals surface area contributed by atoms with E-state index in [1.54, 1.807) is 31.4 Å². The average Bonchev–Trinajstić information content (AvgIpc) is 2.68. The van der Waals surface area contributed by atoms with Gasteiger partial charge in [-0.3, -0.25) is 9.59 Å². The molecule has 0 saturated carbocycles. The van der Waals surface area contributed by atoms with Crippen LogP contribution >= 0.6 is 0 Å². The summed E-state index contributed by atoms with van der Waals surface area (Å²) in [7, 11) is 5.54. The van der Waals surface area contributed by atoms with Gasteiger partial charge in [-0.1, -0.05) is 18.2 Å². The molecule has 0 aliphatic carbocycles. The molecule has 144 valence electrons. The van der Waals surface area contributed by atoms with Crippen LogP contribution in [0.1, 0.15) is 26.3 Å². The highest BCUT2D eigenvalue weighted by molar-refractivity contribution is 5.97. The van der Waals surface area contributed by atoms with Gasteiger partial charge in [0, 0.05) is 30.8 Å². The number of amides is 2. The number of rotatable bonds is 9. The summed E-state index contributed by atoms with van der Waals surface area (Å²) in [6, 6.07) is 14.4. The molecule has 2 amide bonds. The maximum Gasteiger partial charge on any atom is 0.251 e. The van der Waals surface area contributed by atoms with Gasteiger partial charge in [0.15, 0.2) is 0 Å². The van der Waals surface area contributed by atoms with Gasteiger partial charge in [-0.05, 0) is 56.4 Å². The zero-order valence-corrected chi connectivity index (χ0v) is 16.1. The SMILES string of the molecule is COc1ccccc1CCNC(=O)c1ccc(C(=O)NCCN(C)C)cc1. The lowest BCUT2D eigenvalue weighted by atomic mass is 10.1. The van der Waals surface area contributed by atoms with E-state index >= 15 is 0 Å². The van der Waals surface area contributed by atoms with Crippen LogP contribution in [-0.2, 0) is 6.42 Å². The fourth-order valence-electron chi connectivity index (χ4n) is 2.59. The molecule has 2 aromatic carbocycles. The van der Waals surface area contributed by atoms with Crippen molar-refractivity contribution >= 4 is 11.8 Å². The Hall–Kier alpha value is -2.86. The van der Waals surface area contributed by atoms with Crippen LogP contribution < -0.4 is 15.4 Å². The van der Waals surface area contributed by atoms with E-state index in [0.29, 0.717) is 30.6 Å². The van der Waals surface area contributed by atoms with E-state index in [1.807, 2.05) is 43.3 Å². The summed E-state index contributed by atoms with van der Waals surface area (Å²) in [4.78, 5) is 26.3. The number of carbonyl (C=O) groups excluding carboxylic acids is 2. The van der Waals surface area contributed by atoms with Gasteiger partial charge in [0.2, 0.25) is 0 Å². The summed E-state index contributed by atoms with van der Waals surface area (Å²) in [5.74, 6) is 0.515. The van der Waals surface area contributed by atoms with Crippen molar-refractivity contribution in [3.63, 3.8) is 0 Å². The average molecular weight is 369 g/mol. The number of hydrogen-bond donors (Lipinski definition) is 2. The number of nitrogens with one attached hydrogen (secondary N) is 2. The summed E-state index contributed by atoms with van der Waals surface area (Å²) < 4.78 is 5.31. The lowest BCUT2D eigenvalue weighted by Crippen LogP contribution is -2.31. The predicted molar refractivity (Wildman–Crippen MR) is 106 cm³/mol. The monoisotopic (exact) mass is 369 g/mol. The first-order chi connectivity index (χ1) is 13.0. The minimum Gasteiger partial charge on any atom is -0.496 e. The molecule has 0 radical (unpaired) electrons. The Balaban J connectivity index is 1.83. The summed E-state index contributed by atoms with van der Waals surface area (Å²) in [5, 5.41) is 5.74. The number of hydrogen-bond acceptors (Lipinski definition) is 4. The molecule has 2 rings (SSSR count). The van der Waals surface area contributed by atoms with Crippen LogP contribution in [0.25, 0.3) is 0 Å². The van der Waals surface area contributed by atoms with E-state index in [4.69, 9.17) is 4.74 Å². The van der Waals surface area contributed by atoms with Gasteiger partial charge in [-0.2, -0.15) is 0 Å². The quantitative estimate of drug-likeness (QED) is 0.709. The second kappa shape index (κ2) is 10.3. The van der Waals surface area contributed by atoms with E-state index in [2.05, 4.69) is 10.6 Å². The predicted octanol–water partition coefficient (Wildman–Crippen LogP) is 1.96. The normalized spacial score (nSPS) is 10.5. The summed E-state index contributed by atoms with van der Waals surface area (Å²) in [5.41, 5.74) is 2.12. The molecule has 6 heteroatoms. The Morgan fingerprint density at radius 2 is 1.44 bits per heavy atom. The number of carbonyl (C=O) groups is 2. The summed E-state index contributed by atoms with van der Waals surface area (Å²) in [6.07, 6.45) is 0.683. The molecule has 0 aromatic heterocycles. The largest absolute Gasteiger partial charge is 0.496 e. The molecule has 0 aliphatic heterocycles. The van der Waals surface area contributed by atoms with Crippen molar-refractivity contribution in [1.82, 2.24) is 15.5 Å². The highest BCUT2D eigenvalue weighted by atomic mass is 16.5. The van der Waals surface area contributed by atoms with Crippen molar-refractivity contribution < 1.29 is 14.3 Å². The molecule has 0 saturated heterocycles. The second-order valence-corrected chi connectivity index (χ2v) is 6.45. The third-order valence-electron chi connectivity index (χ3n) is 4.13. The van der Waals surface area contributed by atoms with E-state index < -0.39 is 0 Å². The number of likely N-dealkylation sites (N-methyl/N-ethyl adjacent to an activating group) is 1. The highest BCUT2D eigenvalue weighted by Gasteiger charge is 2.09. The van der Waals surface area contributed by atoms with Crippen molar-refractivity contribution in [2.24, 2.45) is 0 Å². The van der Waals surface area contributed by atoms with Gasteiger partial charge in [-0.25, -0.2) is 0 Å². The number of ether oxygens (including phenoxy) is 1. The molecule has 0 bridgehead atoms. The molecular formula is C21H27N3O3. The molecule has 0 aliphatic rings. The fraction of sp³-hybridized carbons (Fsp3) is 0.333. The van der Waals surface area contributed by atoms with Crippen LogP contribution in [0.2, 0.25) is 0 Å². The van der Waals surface area contributed by atoms with E-state index in [-0.39, 0.29) is 11.8 Å².